The van der Waals surface area contributed by atoms with Crippen LogP contribution >= 0.6 is 0 Å². The van der Waals surface area contributed by atoms with Crippen molar-refractivity contribution in [3.05, 3.63) is 23.8 Å². The summed E-state index contributed by atoms with van der Waals surface area (Å²) in [4.78, 5) is 8.26. The van der Waals surface area contributed by atoms with Crippen LogP contribution in [0.5, 0.6) is 0 Å². The molecule has 0 saturated heterocycles. The Morgan fingerprint density at radius 2 is 2.29 bits per heavy atom. The van der Waals surface area contributed by atoms with Crippen LogP contribution in [0.3, 0.4) is 0 Å². The van der Waals surface area contributed by atoms with Gasteiger partial charge in [0.25, 0.3) is 0 Å². The Kier molecular flexibility index (Phi) is 4.49. The molecular formula is C10H17N3O. The van der Waals surface area contributed by atoms with Gasteiger partial charge in [0.05, 0.1) is 6.61 Å². The summed E-state index contributed by atoms with van der Waals surface area (Å²) in [5.41, 5.74) is 2.05. The van der Waals surface area contributed by atoms with Crippen LogP contribution in [0.15, 0.2) is 12.4 Å². The van der Waals surface area contributed by atoms with Crippen LogP contribution in [0.2, 0.25) is 0 Å². The first kappa shape index (κ1) is 11.1. The Balaban J connectivity index is 2.57. The third-order valence-corrected chi connectivity index (χ3v) is 2.09. The zero-order valence-electron chi connectivity index (χ0n) is 8.95. The van der Waals surface area contributed by atoms with Gasteiger partial charge in [-0.3, -0.25) is 0 Å². The molecule has 0 radical (unpaired) electrons. The molecule has 4 heteroatoms. The second-order valence-electron chi connectivity index (χ2n) is 3.30. The van der Waals surface area contributed by atoms with Crippen molar-refractivity contribution in [2.75, 3.05) is 20.8 Å². The minimum atomic E-state index is 0.314. The van der Waals surface area contributed by atoms with Crippen LogP contribution in [-0.2, 0) is 11.2 Å². The highest BCUT2D eigenvalue weighted by Gasteiger charge is 2.07. The molecule has 1 rings (SSSR count). The minimum absolute atomic E-state index is 0.314. The van der Waals surface area contributed by atoms with Crippen molar-refractivity contribution in [2.45, 2.75) is 19.4 Å². The maximum Gasteiger partial charge on any atom is 0.115 e. The largest absolute Gasteiger partial charge is 0.383 e. The lowest BCUT2D eigenvalue weighted by molar-refractivity contribution is 0.169. The van der Waals surface area contributed by atoms with Crippen LogP contribution in [0.1, 0.15) is 11.4 Å². The van der Waals surface area contributed by atoms with E-state index in [-0.39, 0.29) is 0 Å². The van der Waals surface area contributed by atoms with Crippen LogP contribution in [0.4, 0.5) is 0 Å². The molecule has 4 nitrogen and oxygen atoms in total. The summed E-state index contributed by atoms with van der Waals surface area (Å²) in [6.07, 6.45) is 2.47. The number of aromatic nitrogens is 2. The Hall–Kier alpha value is -1.00. The van der Waals surface area contributed by atoms with E-state index in [0.29, 0.717) is 12.6 Å². The van der Waals surface area contributed by atoms with E-state index in [4.69, 9.17) is 4.74 Å². The van der Waals surface area contributed by atoms with Gasteiger partial charge in [-0.2, -0.15) is 0 Å². The Morgan fingerprint density at radius 1 is 1.50 bits per heavy atom. The first-order valence-electron chi connectivity index (χ1n) is 4.70. The van der Waals surface area contributed by atoms with Gasteiger partial charge in [-0.05, 0) is 20.0 Å². The third-order valence-electron chi connectivity index (χ3n) is 2.09. The van der Waals surface area contributed by atoms with Gasteiger partial charge in [-0.15, -0.1) is 0 Å². The highest BCUT2D eigenvalue weighted by molar-refractivity contribution is 5.07. The van der Waals surface area contributed by atoms with Crippen LogP contribution < -0.4 is 5.32 Å². The molecule has 0 aliphatic rings. The number of hydrogen-bond acceptors (Lipinski definition) is 4. The summed E-state index contributed by atoms with van der Waals surface area (Å²) in [5, 5.41) is 3.19. The summed E-state index contributed by atoms with van der Waals surface area (Å²) >= 11 is 0. The van der Waals surface area contributed by atoms with Crippen molar-refractivity contribution in [3.63, 3.8) is 0 Å². The molecule has 1 heterocycles. The smallest absolute Gasteiger partial charge is 0.115 e. The monoisotopic (exact) mass is 195 g/mol. The van der Waals surface area contributed by atoms with Gasteiger partial charge in [0.15, 0.2) is 0 Å². The zero-order valence-corrected chi connectivity index (χ0v) is 8.95. The lowest BCUT2D eigenvalue weighted by atomic mass is 10.1. The summed E-state index contributed by atoms with van der Waals surface area (Å²) in [6.45, 7) is 2.66. The number of ether oxygens (including phenoxy) is 1. The average molecular weight is 195 g/mol. The quantitative estimate of drug-likeness (QED) is 0.746. The van der Waals surface area contributed by atoms with Crippen molar-refractivity contribution in [1.82, 2.24) is 15.3 Å². The van der Waals surface area contributed by atoms with E-state index in [9.17, 15) is 0 Å². The number of aryl methyl sites for hydroxylation is 1. The third kappa shape index (κ3) is 3.40. The minimum Gasteiger partial charge on any atom is -0.383 e. The first-order valence-corrected chi connectivity index (χ1v) is 4.70. The van der Waals surface area contributed by atoms with Crippen molar-refractivity contribution < 1.29 is 4.74 Å². The maximum absolute atomic E-state index is 5.09. The summed E-state index contributed by atoms with van der Waals surface area (Å²) in [6, 6.07) is 2.31. The van der Waals surface area contributed by atoms with Gasteiger partial charge in [0.2, 0.25) is 0 Å². The molecule has 1 aromatic heterocycles. The van der Waals surface area contributed by atoms with Crippen molar-refractivity contribution in [1.29, 1.82) is 0 Å². The van der Waals surface area contributed by atoms with Gasteiger partial charge in [-0.25, -0.2) is 9.97 Å². The predicted octanol–water partition coefficient (Wildman–Crippen LogP) is 0.562. The number of rotatable bonds is 5. The fourth-order valence-corrected chi connectivity index (χ4v) is 1.32. The van der Waals surface area contributed by atoms with E-state index in [0.717, 1.165) is 17.8 Å². The molecule has 1 N–H and O–H groups in total. The van der Waals surface area contributed by atoms with Gasteiger partial charge in [0, 0.05) is 31.0 Å². The topological polar surface area (TPSA) is 47.0 Å². The highest BCUT2D eigenvalue weighted by atomic mass is 16.5. The molecule has 0 amide bonds. The van der Waals surface area contributed by atoms with Crippen LogP contribution in [-0.4, -0.2) is 36.8 Å². The normalized spacial score (nSPS) is 12.8. The predicted molar refractivity (Wildman–Crippen MR) is 55.2 cm³/mol. The molecule has 0 aliphatic carbocycles. The molecule has 0 spiro atoms. The first-order chi connectivity index (χ1) is 6.76. The summed E-state index contributed by atoms with van der Waals surface area (Å²) in [7, 11) is 3.63. The lowest BCUT2D eigenvalue weighted by Gasteiger charge is -2.14. The van der Waals surface area contributed by atoms with Gasteiger partial charge in [-0.1, -0.05) is 0 Å². The van der Waals surface area contributed by atoms with Crippen molar-refractivity contribution >= 4 is 0 Å². The summed E-state index contributed by atoms with van der Waals surface area (Å²) in [5.74, 6) is 0. The standard InChI is InChI=1S/C10H17N3O/c1-8-4-9(13-7-12-8)5-10(11-2)6-14-3/h4,7,10-11H,5-6H2,1-3H3. The fraction of sp³-hybridized carbons (Fsp3) is 0.600. The molecule has 1 atom stereocenters. The zero-order chi connectivity index (χ0) is 10.4. The SMILES string of the molecule is CNC(COC)Cc1cc(C)ncn1. The second kappa shape index (κ2) is 5.67. The molecule has 14 heavy (non-hydrogen) atoms. The van der Waals surface area contributed by atoms with Gasteiger partial charge >= 0.3 is 0 Å². The van der Waals surface area contributed by atoms with E-state index in [1.165, 1.54) is 0 Å². The van der Waals surface area contributed by atoms with Crippen molar-refractivity contribution in [2.24, 2.45) is 0 Å². The molecule has 1 aromatic rings. The second-order valence-corrected chi connectivity index (χ2v) is 3.30. The number of methoxy groups -OCH3 is 1. The Morgan fingerprint density at radius 3 is 2.86 bits per heavy atom. The van der Waals surface area contributed by atoms with E-state index < -0.39 is 0 Å². The maximum atomic E-state index is 5.09. The van der Waals surface area contributed by atoms with E-state index >= 15 is 0 Å². The molecular weight excluding hydrogens is 178 g/mol. The van der Waals surface area contributed by atoms with Gasteiger partial charge < -0.3 is 10.1 Å². The molecule has 0 aromatic carbocycles. The molecule has 78 valence electrons. The summed E-state index contributed by atoms with van der Waals surface area (Å²) < 4.78 is 5.09. The average Bonchev–Trinajstić information content (AvgIpc) is 2.17. The molecule has 0 bridgehead atoms. The number of likely N-dealkylation sites (N-methyl/N-ethyl adjacent to an activating group) is 1. The Labute approximate surface area is 84.7 Å². The van der Waals surface area contributed by atoms with E-state index in [2.05, 4.69) is 15.3 Å². The van der Waals surface area contributed by atoms with E-state index in [1.807, 2.05) is 20.0 Å². The molecule has 0 aliphatic heterocycles. The lowest BCUT2D eigenvalue weighted by Crippen LogP contribution is -2.32. The van der Waals surface area contributed by atoms with Crippen molar-refractivity contribution in [3.8, 4) is 0 Å². The number of hydrogen-bond donors (Lipinski definition) is 1. The van der Waals surface area contributed by atoms with E-state index in [1.54, 1.807) is 13.4 Å². The highest BCUT2D eigenvalue weighted by Crippen LogP contribution is 2.01. The molecule has 0 saturated carbocycles. The molecule has 0 fully saturated rings. The number of nitrogens with one attached hydrogen (secondary N) is 1. The van der Waals surface area contributed by atoms with Crippen LogP contribution in [0.25, 0.3) is 0 Å². The van der Waals surface area contributed by atoms with Gasteiger partial charge in [0.1, 0.15) is 6.33 Å². The number of nitrogens with zero attached hydrogens (tertiary/aromatic N) is 2. The Bertz CT molecular complexity index is 278. The fourth-order valence-electron chi connectivity index (χ4n) is 1.32. The van der Waals surface area contributed by atoms with Crippen LogP contribution in [0, 0.1) is 6.92 Å². The molecule has 1 unspecified atom stereocenters.